The summed E-state index contributed by atoms with van der Waals surface area (Å²) in [5.41, 5.74) is 0. The lowest BCUT2D eigenvalue weighted by molar-refractivity contribution is -0.134. The molecule has 1 fully saturated rings. The van der Waals surface area contributed by atoms with Crippen molar-refractivity contribution in [1.82, 2.24) is 4.90 Å². The Balaban J connectivity index is 2.10. The summed E-state index contributed by atoms with van der Waals surface area (Å²) < 4.78 is 5.38. The van der Waals surface area contributed by atoms with Gasteiger partial charge in [0, 0.05) is 19.7 Å². The maximum atomic E-state index is 11.7. The molecule has 0 saturated carbocycles. The molecule has 1 aliphatic rings. The number of aliphatic hydroxyl groups excluding tert-OH is 1. The van der Waals surface area contributed by atoms with Gasteiger partial charge in [-0.1, -0.05) is 13.8 Å². The van der Waals surface area contributed by atoms with E-state index >= 15 is 0 Å². The van der Waals surface area contributed by atoms with Gasteiger partial charge in [-0.15, -0.1) is 0 Å². The largest absolute Gasteiger partial charge is 0.393 e. The zero-order valence-corrected chi connectivity index (χ0v) is 10.3. The van der Waals surface area contributed by atoms with Crippen LogP contribution in [-0.2, 0) is 9.53 Å². The Morgan fingerprint density at radius 1 is 1.44 bits per heavy atom. The van der Waals surface area contributed by atoms with E-state index in [4.69, 9.17) is 4.74 Å². The fraction of sp³-hybridized carbons (Fsp3) is 0.917. The summed E-state index contributed by atoms with van der Waals surface area (Å²) in [5, 5.41) is 9.32. The average molecular weight is 229 g/mol. The van der Waals surface area contributed by atoms with Crippen LogP contribution >= 0.6 is 0 Å². The highest BCUT2D eigenvalue weighted by Crippen LogP contribution is 2.10. The molecule has 0 spiro atoms. The van der Waals surface area contributed by atoms with Crippen LogP contribution in [0.4, 0.5) is 0 Å². The molecule has 94 valence electrons. The Bertz CT molecular complexity index is 210. The molecule has 4 heteroatoms. The highest BCUT2D eigenvalue weighted by Gasteiger charge is 2.20. The van der Waals surface area contributed by atoms with Gasteiger partial charge in [-0.05, 0) is 18.8 Å². The molecule has 1 rings (SSSR count). The van der Waals surface area contributed by atoms with E-state index in [0.29, 0.717) is 51.5 Å². The second kappa shape index (κ2) is 6.86. The third-order valence-corrected chi connectivity index (χ3v) is 2.73. The summed E-state index contributed by atoms with van der Waals surface area (Å²) >= 11 is 0. The molecule has 16 heavy (non-hydrogen) atoms. The van der Waals surface area contributed by atoms with Gasteiger partial charge in [0.25, 0.3) is 0 Å². The fourth-order valence-electron chi connectivity index (χ4n) is 1.75. The van der Waals surface area contributed by atoms with Crippen LogP contribution < -0.4 is 0 Å². The van der Waals surface area contributed by atoms with Gasteiger partial charge < -0.3 is 14.7 Å². The zero-order valence-electron chi connectivity index (χ0n) is 10.3. The van der Waals surface area contributed by atoms with Crippen molar-refractivity contribution in [3.8, 4) is 0 Å². The topological polar surface area (TPSA) is 49.8 Å². The summed E-state index contributed by atoms with van der Waals surface area (Å²) in [7, 11) is 0. The van der Waals surface area contributed by atoms with Gasteiger partial charge in [0.1, 0.15) is 0 Å². The molecule has 0 aromatic rings. The van der Waals surface area contributed by atoms with E-state index in [0.717, 1.165) is 0 Å². The van der Waals surface area contributed by atoms with Crippen LogP contribution in [0.3, 0.4) is 0 Å². The molecule has 0 bridgehead atoms. The number of amides is 1. The first kappa shape index (κ1) is 13.5. The van der Waals surface area contributed by atoms with Crippen molar-refractivity contribution in [3.05, 3.63) is 0 Å². The Kier molecular flexibility index (Phi) is 5.77. The summed E-state index contributed by atoms with van der Waals surface area (Å²) in [6.07, 6.45) is 1.65. The summed E-state index contributed by atoms with van der Waals surface area (Å²) in [5.74, 6) is 0.663. The average Bonchev–Trinajstić information content (AvgIpc) is 2.25. The van der Waals surface area contributed by atoms with Crippen LogP contribution in [-0.4, -0.2) is 48.3 Å². The van der Waals surface area contributed by atoms with Crippen molar-refractivity contribution in [2.75, 3.05) is 26.3 Å². The van der Waals surface area contributed by atoms with E-state index in [-0.39, 0.29) is 12.0 Å². The van der Waals surface area contributed by atoms with E-state index in [1.807, 2.05) is 4.90 Å². The second-order valence-electron chi connectivity index (χ2n) is 4.83. The minimum Gasteiger partial charge on any atom is -0.393 e. The van der Waals surface area contributed by atoms with Crippen molar-refractivity contribution < 1.29 is 14.6 Å². The summed E-state index contributed by atoms with van der Waals surface area (Å²) in [6.45, 7) is 6.78. The van der Waals surface area contributed by atoms with Gasteiger partial charge in [-0.25, -0.2) is 0 Å². The highest BCUT2D eigenvalue weighted by molar-refractivity contribution is 5.76. The minimum absolute atomic E-state index is 0.149. The van der Waals surface area contributed by atoms with E-state index < -0.39 is 0 Å². The van der Waals surface area contributed by atoms with Gasteiger partial charge in [-0.3, -0.25) is 4.79 Å². The van der Waals surface area contributed by atoms with Crippen molar-refractivity contribution in [1.29, 1.82) is 0 Å². The highest BCUT2D eigenvalue weighted by atomic mass is 16.5. The lowest BCUT2D eigenvalue weighted by Gasteiger charge is -2.29. The minimum atomic E-state index is -0.221. The van der Waals surface area contributed by atoms with Crippen LogP contribution in [0.2, 0.25) is 0 Å². The van der Waals surface area contributed by atoms with Crippen molar-refractivity contribution in [3.63, 3.8) is 0 Å². The molecule has 1 aliphatic heterocycles. The number of piperidine rings is 1. The Hall–Kier alpha value is -0.610. The van der Waals surface area contributed by atoms with Crippen LogP contribution in [0, 0.1) is 5.92 Å². The molecule has 1 N–H and O–H groups in total. The second-order valence-corrected chi connectivity index (χ2v) is 4.83. The molecule has 1 amide bonds. The van der Waals surface area contributed by atoms with Crippen LogP contribution in [0.25, 0.3) is 0 Å². The molecule has 0 aromatic carbocycles. The number of rotatable bonds is 5. The van der Waals surface area contributed by atoms with Crippen LogP contribution in [0.15, 0.2) is 0 Å². The number of ether oxygens (including phenoxy) is 1. The molecule has 0 atom stereocenters. The third-order valence-electron chi connectivity index (χ3n) is 2.73. The standard InChI is InChI=1S/C12H23NO3/c1-10(2)9-16-8-5-12(15)13-6-3-11(14)4-7-13/h10-11,14H,3-9H2,1-2H3. The number of carbonyl (C=O) groups excluding carboxylic acids is 1. The lowest BCUT2D eigenvalue weighted by atomic mass is 10.1. The molecule has 0 radical (unpaired) electrons. The first-order valence-corrected chi connectivity index (χ1v) is 6.13. The van der Waals surface area contributed by atoms with Crippen molar-refractivity contribution in [2.24, 2.45) is 5.92 Å². The molecule has 0 unspecified atom stereocenters. The maximum absolute atomic E-state index is 11.7. The first-order valence-electron chi connectivity index (χ1n) is 6.13. The predicted octanol–water partition coefficient (Wildman–Crippen LogP) is 1.03. The molecule has 4 nitrogen and oxygen atoms in total. The smallest absolute Gasteiger partial charge is 0.224 e. The van der Waals surface area contributed by atoms with E-state index in [9.17, 15) is 9.90 Å². The molecule has 0 aromatic heterocycles. The number of aliphatic hydroxyl groups is 1. The molecule has 1 heterocycles. The summed E-state index contributed by atoms with van der Waals surface area (Å²) in [6, 6.07) is 0. The van der Waals surface area contributed by atoms with E-state index in [1.165, 1.54) is 0 Å². The van der Waals surface area contributed by atoms with Gasteiger partial charge in [-0.2, -0.15) is 0 Å². The van der Waals surface area contributed by atoms with E-state index in [2.05, 4.69) is 13.8 Å². The SMILES string of the molecule is CC(C)COCCC(=O)N1CCC(O)CC1. The Labute approximate surface area is 97.6 Å². The number of nitrogens with zero attached hydrogens (tertiary/aromatic N) is 1. The predicted molar refractivity (Wildman–Crippen MR) is 62.1 cm³/mol. The van der Waals surface area contributed by atoms with Crippen molar-refractivity contribution >= 4 is 5.91 Å². The number of hydrogen-bond donors (Lipinski definition) is 1. The molecule has 1 saturated heterocycles. The number of likely N-dealkylation sites (tertiary alicyclic amines) is 1. The molecule has 0 aliphatic carbocycles. The monoisotopic (exact) mass is 229 g/mol. The summed E-state index contributed by atoms with van der Waals surface area (Å²) in [4.78, 5) is 13.5. The van der Waals surface area contributed by atoms with Gasteiger partial charge >= 0.3 is 0 Å². The van der Waals surface area contributed by atoms with Gasteiger partial charge in [0.2, 0.25) is 5.91 Å². The Morgan fingerprint density at radius 2 is 2.06 bits per heavy atom. The van der Waals surface area contributed by atoms with Gasteiger partial charge in [0.05, 0.1) is 19.1 Å². The normalized spacial score (nSPS) is 18.1. The quantitative estimate of drug-likeness (QED) is 0.716. The lowest BCUT2D eigenvalue weighted by Crippen LogP contribution is -2.40. The van der Waals surface area contributed by atoms with Crippen LogP contribution in [0.5, 0.6) is 0 Å². The number of carbonyl (C=O) groups is 1. The first-order chi connectivity index (χ1) is 7.59. The van der Waals surface area contributed by atoms with Gasteiger partial charge in [0.15, 0.2) is 0 Å². The molecular formula is C12H23NO3. The van der Waals surface area contributed by atoms with Crippen LogP contribution in [0.1, 0.15) is 33.1 Å². The third kappa shape index (κ3) is 4.94. The zero-order chi connectivity index (χ0) is 12.0. The Morgan fingerprint density at radius 3 is 2.62 bits per heavy atom. The van der Waals surface area contributed by atoms with E-state index in [1.54, 1.807) is 0 Å². The fourth-order valence-corrected chi connectivity index (χ4v) is 1.75. The van der Waals surface area contributed by atoms with Crippen molar-refractivity contribution in [2.45, 2.75) is 39.2 Å². The maximum Gasteiger partial charge on any atom is 0.224 e. The number of hydrogen-bond acceptors (Lipinski definition) is 3. The molecular weight excluding hydrogens is 206 g/mol.